The van der Waals surface area contributed by atoms with E-state index in [1.54, 1.807) is 0 Å². The van der Waals surface area contributed by atoms with Gasteiger partial charge in [-0.1, -0.05) is 12.8 Å². The van der Waals surface area contributed by atoms with E-state index in [1.165, 1.54) is 44.9 Å². The summed E-state index contributed by atoms with van der Waals surface area (Å²) in [7, 11) is 0. The Hall–Kier alpha value is -1.59. The predicted molar refractivity (Wildman–Crippen MR) is 91.6 cm³/mol. The normalized spacial score (nSPS) is 28.4. The van der Waals surface area contributed by atoms with Gasteiger partial charge in [0.05, 0.1) is 0 Å². The van der Waals surface area contributed by atoms with E-state index < -0.39 is 0 Å². The van der Waals surface area contributed by atoms with Gasteiger partial charge in [-0.2, -0.15) is 0 Å². The topological polar surface area (TPSA) is 71.8 Å². The molecule has 2 heterocycles. The molecule has 6 nitrogen and oxygen atoms in total. The molecule has 1 aromatic heterocycles. The quantitative estimate of drug-likeness (QED) is 0.869. The second kappa shape index (κ2) is 7.11. The third-order valence-electron chi connectivity index (χ3n) is 6.23. The van der Waals surface area contributed by atoms with Crippen LogP contribution in [0.1, 0.15) is 56.6 Å². The molecule has 4 rings (SSSR count). The van der Waals surface area contributed by atoms with Crippen LogP contribution in [0.4, 0.5) is 4.79 Å². The number of fused-ring (bicyclic) bond motifs is 3. The molecule has 132 valence electrons. The van der Waals surface area contributed by atoms with Gasteiger partial charge >= 0.3 is 6.03 Å². The van der Waals surface area contributed by atoms with Crippen LogP contribution in [0.5, 0.6) is 0 Å². The molecule has 0 aromatic carbocycles. The van der Waals surface area contributed by atoms with E-state index in [0.717, 1.165) is 49.4 Å². The maximum absolute atomic E-state index is 12.0. The van der Waals surface area contributed by atoms with Crippen LogP contribution in [0.3, 0.4) is 0 Å². The summed E-state index contributed by atoms with van der Waals surface area (Å²) in [4.78, 5) is 12.0. The lowest BCUT2D eigenvalue weighted by Gasteiger charge is -2.21. The number of hydrogen-bond acceptors (Lipinski definition) is 3. The van der Waals surface area contributed by atoms with E-state index >= 15 is 0 Å². The van der Waals surface area contributed by atoms with Gasteiger partial charge in [0.15, 0.2) is 0 Å². The smallest absolute Gasteiger partial charge is 0.314 e. The predicted octanol–water partition coefficient (Wildman–Crippen LogP) is 2.28. The first-order valence-electron chi connectivity index (χ1n) is 9.72. The van der Waals surface area contributed by atoms with Crippen LogP contribution in [-0.2, 0) is 19.4 Å². The maximum atomic E-state index is 12.0. The molecule has 24 heavy (non-hydrogen) atoms. The lowest BCUT2D eigenvalue weighted by Crippen LogP contribution is -2.40. The van der Waals surface area contributed by atoms with Gasteiger partial charge in [0.1, 0.15) is 11.6 Å². The maximum Gasteiger partial charge on any atom is 0.314 e. The molecule has 3 atom stereocenters. The third-order valence-corrected chi connectivity index (χ3v) is 6.23. The first kappa shape index (κ1) is 15.9. The Kier molecular flexibility index (Phi) is 4.72. The van der Waals surface area contributed by atoms with Crippen molar-refractivity contribution < 1.29 is 4.79 Å². The molecule has 2 amide bonds. The van der Waals surface area contributed by atoms with E-state index in [-0.39, 0.29) is 6.03 Å². The molecule has 0 spiro atoms. The molecule has 3 unspecified atom stereocenters. The number of urea groups is 1. The van der Waals surface area contributed by atoms with Crippen LogP contribution in [0.25, 0.3) is 0 Å². The van der Waals surface area contributed by atoms with Crippen LogP contribution in [0.2, 0.25) is 0 Å². The molecule has 2 N–H and O–H groups in total. The van der Waals surface area contributed by atoms with Crippen LogP contribution in [0, 0.1) is 17.8 Å². The number of nitrogens with zero attached hydrogens (tertiary/aromatic N) is 3. The number of nitrogens with one attached hydrogen (secondary N) is 2. The Morgan fingerprint density at radius 3 is 2.92 bits per heavy atom. The molecule has 2 aliphatic carbocycles. The minimum Gasteiger partial charge on any atom is -0.338 e. The number of amides is 2. The van der Waals surface area contributed by atoms with Crippen molar-refractivity contribution in [3.8, 4) is 0 Å². The molecule has 2 fully saturated rings. The Bertz CT molecular complexity index is 584. The average molecular weight is 331 g/mol. The number of hydrogen-bond donors (Lipinski definition) is 2. The van der Waals surface area contributed by atoms with Crippen LogP contribution < -0.4 is 10.6 Å². The number of carbonyl (C=O) groups excluding carboxylic acids is 1. The lowest BCUT2D eigenvalue weighted by atomic mass is 9.89. The van der Waals surface area contributed by atoms with Gasteiger partial charge in [0.2, 0.25) is 0 Å². The fourth-order valence-electron chi connectivity index (χ4n) is 4.93. The fourth-order valence-corrected chi connectivity index (χ4v) is 4.93. The monoisotopic (exact) mass is 331 g/mol. The average Bonchev–Trinajstić information content (AvgIpc) is 3.26. The van der Waals surface area contributed by atoms with E-state index in [4.69, 9.17) is 0 Å². The van der Waals surface area contributed by atoms with Gasteiger partial charge in [0, 0.05) is 32.5 Å². The standard InChI is InChI=1S/C18H29N5O/c24-18(20-12-15-11-13-5-6-14(15)10-13)19-8-7-17-22-21-16-4-2-1-3-9-23(16)17/h13-15H,1-12H2,(H2,19,20,24). The van der Waals surface area contributed by atoms with Gasteiger partial charge in [-0.25, -0.2) is 4.79 Å². The van der Waals surface area contributed by atoms with E-state index in [1.807, 2.05) is 0 Å². The highest BCUT2D eigenvalue weighted by Gasteiger charge is 2.39. The second-order valence-electron chi connectivity index (χ2n) is 7.82. The summed E-state index contributed by atoms with van der Waals surface area (Å²) < 4.78 is 2.25. The summed E-state index contributed by atoms with van der Waals surface area (Å²) in [5, 5.41) is 14.7. The number of aromatic nitrogens is 3. The summed E-state index contributed by atoms with van der Waals surface area (Å²) in [6.07, 6.45) is 11.0. The molecule has 6 heteroatoms. The zero-order valence-corrected chi connectivity index (χ0v) is 14.5. The molecular weight excluding hydrogens is 302 g/mol. The summed E-state index contributed by atoms with van der Waals surface area (Å²) >= 11 is 0. The highest BCUT2D eigenvalue weighted by Crippen LogP contribution is 2.47. The van der Waals surface area contributed by atoms with Gasteiger partial charge in [-0.05, 0) is 49.9 Å². The number of aryl methyl sites for hydroxylation is 1. The van der Waals surface area contributed by atoms with Crippen molar-refractivity contribution in [1.82, 2.24) is 25.4 Å². The highest BCUT2D eigenvalue weighted by atomic mass is 16.2. The first-order chi connectivity index (χ1) is 11.8. The van der Waals surface area contributed by atoms with Crippen molar-refractivity contribution in [1.29, 1.82) is 0 Å². The van der Waals surface area contributed by atoms with Gasteiger partial charge in [0.25, 0.3) is 0 Å². The number of rotatable bonds is 5. The van der Waals surface area contributed by atoms with Crippen LogP contribution >= 0.6 is 0 Å². The Morgan fingerprint density at radius 2 is 2.08 bits per heavy atom. The van der Waals surface area contributed by atoms with Crippen molar-refractivity contribution in [3.63, 3.8) is 0 Å². The minimum absolute atomic E-state index is 0.0339. The van der Waals surface area contributed by atoms with Crippen LogP contribution in [0.15, 0.2) is 0 Å². The molecule has 3 aliphatic rings. The molecule has 0 radical (unpaired) electrons. The Balaban J connectivity index is 1.19. The summed E-state index contributed by atoms with van der Waals surface area (Å²) in [5.41, 5.74) is 0. The second-order valence-corrected chi connectivity index (χ2v) is 7.82. The molecule has 0 saturated heterocycles. The van der Waals surface area contributed by atoms with Crippen molar-refractivity contribution in [3.05, 3.63) is 11.6 Å². The van der Waals surface area contributed by atoms with E-state index in [0.29, 0.717) is 12.5 Å². The molecule has 1 aliphatic heterocycles. The van der Waals surface area contributed by atoms with Gasteiger partial charge in [-0.15, -0.1) is 10.2 Å². The third kappa shape index (κ3) is 3.42. The first-order valence-corrected chi connectivity index (χ1v) is 9.72. The summed E-state index contributed by atoms with van der Waals surface area (Å²) in [6, 6.07) is -0.0339. The highest BCUT2D eigenvalue weighted by molar-refractivity contribution is 5.73. The molecule has 1 aromatic rings. The van der Waals surface area contributed by atoms with Crippen molar-refractivity contribution >= 4 is 6.03 Å². The van der Waals surface area contributed by atoms with Crippen molar-refractivity contribution in [2.24, 2.45) is 17.8 Å². The van der Waals surface area contributed by atoms with Gasteiger partial charge < -0.3 is 15.2 Å². The SMILES string of the molecule is O=C(NCCc1nnc2n1CCCCC2)NCC1CC2CCC1C2. The Morgan fingerprint density at radius 1 is 1.12 bits per heavy atom. The van der Waals surface area contributed by atoms with Crippen molar-refractivity contribution in [2.75, 3.05) is 13.1 Å². The van der Waals surface area contributed by atoms with Crippen LogP contribution in [-0.4, -0.2) is 33.9 Å². The fraction of sp³-hybridized carbons (Fsp3) is 0.833. The Labute approximate surface area is 143 Å². The minimum atomic E-state index is -0.0339. The zero-order chi connectivity index (χ0) is 16.4. The zero-order valence-electron chi connectivity index (χ0n) is 14.5. The molecular formula is C18H29N5O. The molecule has 2 saturated carbocycles. The van der Waals surface area contributed by atoms with Crippen molar-refractivity contribution in [2.45, 2.75) is 64.3 Å². The number of carbonyl (C=O) groups is 1. The van der Waals surface area contributed by atoms with E-state index in [9.17, 15) is 4.79 Å². The molecule has 2 bridgehead atoms. The van der Waals surface area contributed by atoms with E-state index in [2.05, 4.69) is 25.4 Å². The summed E-state index contributed by atoms with van der Waals surface area (Å²) in [6.45, 7) is 2.49. The largest absolute Gasteiger partial charge is 0.338 e. The summed E-state index contributed by atoms with van der Waals surface area (Å²) in [5.74, 6) is 4.64. The van der Waals surface area contributed by atoms with Gasteiger partial charge in [-0.3, -0.25) is 0 Å². The lowest BCUT2D eigenvalue weighted by molar-refractivity contribution is 0.234.